The summed E-state index contributed by atoms with van der Waals surface area (Å²) in [5, 5.41) is 6.27. The summed E-state index contributed by atoms with van der Waals surface area (Å²) in [6, 6.07) is 8.12. The molecule has 1 fully saturated rings. The highest BCUT2D eigenvalue weighted by Gasteiger charge is 2.23. The van der Waals surface area contributed by atoms with Crippen LogP contribution in [0.4, 0.5) is 0 Å². The zero-order chi connectivity index (χ0) is 12.3. The van der Waals surface area contributed by atoms with Gasteiger partial charge in [-0.3, -0.25) is 4.79 Å². The van der Waals surface area contributed by atoms with Gasteiger partial charge in [0.2, 0.25) is 5.91 Å². The van der Waals surface area contributed by atoms with E-state index in [4.69, 9.17) is 0 Å². The predicted octanol–water partition coefficient (Wildman–Crippen LogP) is 2.66. The van der Waals surface area contributed by atoms with Crippen LogP contribution in [0.15, 0.2) is 28.7 Å². The molecule has 2 atom stereocenters. The van der Waals surface area contributed by atoms with E-state index in [9.17, 15) is 4.79 Å². The van der Waals surface area contributed by atoms with E-state index < -0.39 is 0 Å². The molecule has 2 unspecified atom stereocenters. The summed E-state index contributed by atoms with van der Waals surface area (Å²) in [6.45, 7) is 3.77. The minimum Gasteiger partial charge on any atom is -0.349 e. The number of amides is 1. The van der Waals surface area contributed by atoms with Crippen molar-refractivity contribution in [3.63, 3.8) is 0 Å². The van der Waals surface area contributed by atoms with E-state index in [2.05, 4.69) is 26.6 Å². The van der Waals surface area contributed by atoms with Gasteiger partial charge in [0.05, 0.1) is 12.0 Å². The smallest absolute Gasteiger partial charge is 0.224 e. The van der Waals surface area contributed by atoms with Crippen molar-refractivity contribution in [3.8, 4) is 0 Å². The first-order chi connectivity index (χ1) is 8.16. The molecule has 0 bridgehead atoms. The van der Waals surface area contributed by atoms with Gasteiger partial charge in [0.15, 0.2) is 0 Å². The van der Waals surface area contributed by atoms with Gasteiger partial charge in [-0.25, -0.2) is 0 Å². The number of nitrogens with one attached hydrogen (secondary N) is 2. The second kappa shape index (κ2) is 7.12. The molecule has 0 aromatic heterocycles. The van der Waals surface area contributed by atoms with E-state index in [1.54, 1.807) is 0 Å². The van der Waals surface area contributed by atoms with Gasteiger partial charge in [-0.15, -0.1) is 12.4 Å². The average molecular weight is 334 g/mol. The zero-order valence-corrected chi connectivity index (χ0v) is 12.7. The van der Waals surface area contributed by atoms with Crippen LogP contribution in [0, 0.1) is 5.92 Å². The van der Waals surface area contributed by atoms with Crippen molar-refractivity contribution in [3.05, 3.63) is 34.3 Å². The largest absolute Gasteiger partial charge is 0.349 e. The molecule has 0 radical (unpaired) electrons. The van der Waals surface area contributed by atoms with Crippen LogP contribution in [0.25, 0.3) is 0 Å². The van der Waals surface area contributed by atoms with Crippen LogP contribution in [-0.4, -0.2) is 19.0 Å². The van der Waals surface area contributed by atoms with Crippen LogP contribution in [-0.2, 0) is 4.79 Å². The predicted molar refractivity (Wildman–Crippen MR) is 78.9 cm³/mol. The van der Waals surface area contributed by atoms with Crippen molar-refractivity contribution in [1.82, 2.24) is 10.6 Å². The highest BCUT2D eigenvalue weighted by Crippen LogP contribution is 2.17. The van der Waals surface area contributed by atoms with Crippen molar-refractivity contribution in [2.45, 2.75) is 19.4 Å². The Morgan fingerprint density at radius 2 is 2.11 bits per heavy atom. The number of hydrogen-bond donors (Lipinski definition) is 2. The molecule has 0 spiro atoms. The summed E-state index contributed by atoms with van der Waals surface area (Å²) in [4.78, 5) is 11.9. The van der Waals surface area contributed by atoms with Gasteiger partial charge < -0.3 is 10.6 Å². The maximum atomic E-state index is 11.9. The quantitative estimate of drug-likeness (QED) is 0.893. The second-order valence-corrected chi connectivity index (χ2v) is 5.39. The Hall–Kier alpha value is -0.580. The fourth-order valence-corrected chi connectivity index (χ4v) is 2.31. The van der Waals surface area contributed by atoms with Crippen molar-refractivity contribution in [2.75, 3.05) is 13.1 Å². The third-order valence-corrected chi connectivity index (χ3v) is 3.69. The molecule has 0 aliphatic carbocycles. The molecule has 1 aliphatic rings. The highest BCUT2D eigenvalue weighted by molar-refractivity contribution is 9.10. The fraction of sp³-hybridized carbons (Fsp3) is 0.462. The van der Waals surface area contributed by atoms with Gasteiger partial charge in [-0.2, -0.15) is 0 Å². The van der Waals surface area contributed by atoms with E-state index in [1.807, 2.05) is 31.2 Å². The first kappa shape index (κ1) is 15.5. The van der Waals surface area contributed by atoms with Crippen molar-refractivity contribution >= 4 is 34.2 Å². The van der Waals surface area contributed by atoms with Crippen LogP contribution in [0.2, 0.25) is 0 Å². The molecular weight excluding hydrogens is 316 g/mol. The fourth-order valence-electron chi connectivity index (χ4n) is 2.04. The van der Waals surface area contributed by atoms with Crippen LogP contribution >= 0.6 is 28.3 Å². The molecule has 1 aromatic rings. The van der Waals surface area contributed by atoms with E-state index in [0.717, 1.165) is 29.5 Å². The summed E-state index contributed by atoms with van der Waals surface area (Å²) in [5.41, 5.74) is 1.13. The molecule has 5 heteroatoms. The summed E-state index contributed by atoms with van der Waals surface area (Å²) >= 11 is 3.40. The molecular formula is C13H18BrClN2O. The Kier molecular flexibility index (Phi) is 6.12. The van der Waals surface area contributed by atoms with Crippen LogP contribution in [0.1, 0.15) is 24.9 Å². The Bertz CT molecular complexity index is 390. The average Bonchev–Trinajstić information content (AvgIpc) is 2.83. The summed E-state index contributed by atoms with van der Waals surface area (Å²) in [6.07, 6.45) is 0.943. The van der Waals surface area contributed by atoms with Crippen LogP contribution in [0.5, 0.6) is 0 Å². The molecule has 1 saturated heterocycles. The van der Waals surface area contributed by atoms with E-state index >= 15 is 0 Å². The van der Waals surface area contributed by atoms with Crippen LogP contribution < -0.4 is 10.6 Å². The topological polar surface area (TPSA) is 41.1 Å². The lowest BCUT2D eigenvalue weighted by molar-refractivity contribution is -0.125. The number of rotatable bonds is 3. The lowest BCUT2D eigenvalue weighted by Crippen LogP contribution is -2.33. The normalized spacial score (nSPS) is 20.0. The Morgan fingerprint density at radius 1 is 1.44 bits per heavy atom. The molecule has 1 amide bonds. The number of hydrogen-bond acceptors (Lipinski definition) is 2. The molecule has 1 aromatic carbocycles. The minimum atomic E-state index is 0. The number of carbonyl (C=O) groups excluding carboxylic acids is 1. The monoisotopic (exact) mass is 332 g/mol. The Balaban J connectivity index is 0.00000162. The molecule has 18 heavy (non-hydrogen) atoms. The van der Waals surface area contributed by atoms with Gasteiger partial charge in [-0.1, -0.05) is 28.1 Å². The van der Waals surface area contributed by atoms with Crippen molar-refractivity contribution in [1.29, 1.82) is 0 Å². The maximum Gasteiger partial charge on any atom is 0.224 e. The first-order valence-corrected chi connectivity index (χ1v) is 6.72. The van der Waals surface area contributed by atoms with E-state index in [1.165, 1.54) is 0 Å². The molecule has 1 aliphatic heterocycles. The summed E-state index contributed by atoms with van der Waals surface area (Å²) in [5.74, 6) is 0.290. The standard InChI is InChI=1S/C13H17BrN2O.ClH/c1-9(10-2-4-12(14)5-3-10)16-13(17)11-6-7-15-8-11;/h2-5,9,11,15H,6-8H2,1H3,(H,16,17);1H. The lowest BCUT2D eigenvalue weighted by Gasteiger charge is -2.17. The maximum absolute atomic E-state index is 11.9. The molecule has 2 N–H and O–H groups in total. The Morgan fingerprint density at radius 3 is 2.67 bits per heavy atom. The summed E-state index contributed by atoms with van der Waals surface area (Å²) < 4.78 is 1.06. The minimum absolute atomic E-state index is 0. The van der Waals surface area contributed by atoms with Crippen LogP contribution in [0.3, 0.4) is 0 Å². The SMILES string of the molecule is CC(NC(=O)C1CCNC1)c1ccc(Br)cc1.Cl. The third-order valence-electron chi connectivity index (χ3n) is 3.16. The summed E-state index contributed by atoms with van der Waals surface area (Å²) in [7, 11) is 0. The van der Waals surface area contributed by atoms with Gasteiger partial charge in [0.1, 0.15) is 0 Å². The van der Waals surface area contributed by atoms with Gasteiger partial charge in [0.25, 0.3) is 0 Å². The molecule has 0 saturated carbocycles. The van der Waals surface area contributed by atoms with Crippen molar-refractivity contribution in [2.24, 2.45) is 5.92 Å². The van der Waals surface area contributed by atoms with Gasteiger partial charge >= 0.3 is 0 Å². The molecule has 1 heterocycles. The first-order valence-electron chi connectivity index (χ1n) is 5.93. The number of benzene rings is 1. The van der Waals surface area contributed by atoms with E-state index in [-0.39, 0.29) is 30.3 Å². The molecule has 100 valence electrons. The number of carbonyl (C=O) groups is 1. The van der Waals surface area contributed by atoms with Gasteiger partial charge in [-0.05, 0) is 37.6 Å². The zero-order valence-electron chi connectivity index (χ0n) is 10.3. The number of halogens is 2. The Labute approximate surface area is 122 Å². The van der Waals surface area contributed by atoms with E-state index in [0.29, 0.717) is 0 Å². The highest BCUT2D eigenvalue weighted by atomic mass is 79.9. The lowest BCUT2D eigenvalue weighted by atomic mass is 10.1. The third kappa shape index (κ3) is 3.97. The second-order valence-electron chi connectivity index (χ2n) is 4.47. The molecule has 2 rings (SSSR count). The molecule has 3 nitrogen and oxygen atoms in total. The van der Waals surface area contributed by atoms with Crippen molar-refractivity contribution < 1.29 is 4.79 Å². The van der Waals surface area contributed by atoms with Gasteiger partial charge in [0, 0.05) is 11.0 Å².